The summed E-state index contributed by atoms with van der Waals surface area (Å²) in [7, 11) is -1.58. The van der Waals surface area contributed by atoms with Crippen molar-refractivity contribution in [1.29, 1.82) is 1.43 Å². The van der Waals surface area contributed by atoms with E-state index in [4.69, 9.17) is 21.6 Å². The maximum atomic E-state index is 12.5. The third-order valence-corrected chi connectivity index (χ3v) is 7.88. The molecule has 1 aromatic heterocycles. The summed E-state index contributed by atoms with van der Waals surface area (Å²) in [5.74, 6) is 2.69. The molecular formula is C25H34N3O6P. The van der Waals surface area contributed by atoms with Crippen molar-refractivity contribution < 1.29 is 18.9 Å². The van der Waals surface area contributed by atoms with E-state index < -0.39 is 38.2 Å². The summed E-state index contributed by atoms with van der Waals surface area (Å²) in [6.45, 7) is 10.1. The minimum absolute atomic E-state index is 0.0509. The second-order valence-electron chi connectivity index (χ2n) is 9.03. The Bertz CT molecular complexity index is 1170. The fourth-order valence-electron chi connectivity index (χ4n) is 4.08. The van der Waals surface area contributed by atoms with E-state index in [0.717, 1.165) is 11.1 Å². The van der Waals surface area contributed by atoms with Crippen LogP contribution in [0.15, 0.2) is 40.1 Å². The Kier molecular flexibility index (Phi) is 8.90. The van der Waals surface area contributed by atoms with Crippen LogP contribution >= 0.6 is 8.53 Å². The molecule has 0 spiro atoms. The molecule has 0 aliphatic carbocycles. The van der Waals surface area contributed by atoms with Gasteiger partial charge >= 0.3 is 5.69 Å². The van der Waals surface area contributed by atoms with Crippen LogP contribution < -0.4 is 11.2 Å². The fraction of sp³-hybridized carbons (Fsp3) is 0.520. The highest BCUT2D eigenvalue weighted by Crippen LogP contribution is 2.50. The van der Waals surface area contributed by atoms with E-state index in [0.29, 0.717) is 12.0 Å². The van der Waals surface area contributed by atoms with E-state index in [1.54, 1.807) is 6.92 Å². The lowest BCUT2D eigenvalue weighted by atomic mass is 10.1. The van der Waals surface area contributed by atoms with Crippen LogP contribution in [0.5, 0.6) is 0 Å². The number of aliphatic hydroxyl groups excluding tert-OH is 1. The van der Waals surface area contributed by atoms with Crippen LogP contribution in [0.3, 0.4) is 0 Å². The summed E-state index contributed by atoms with van der Waals surface area (Å²) in [5.41, 5.74) is 1.01. The van der Waals surface area contributed by atoms with Gasteiger partial charge < -0.3 is 18.9 Å². The summed E-state index contributed by atoms with van der Waals surface area (Å²) in [6.07, 6.45) is 5.62. The molecule has 1 saturated heterocycles. The molecule has 4 atom stereocenters. The Morgan fingerprint density at radius 3 is 2.71 bits per heavy atom. The van der Waals surface area contributed by atoms with Crippen molar-refractivity contribution in [2.45, 2.75) is 78.2 Å². The van der Waals surface area contributed by atoms with Crippen molar-refractivity contribution in [1.82, 2.24) is 14.2 Å². The molecule has 2 aromatic rings. The molecule has 2 N–H and O–H groups in total. The number of aryl methyl sites for hydroxylation is 1. The van der Waals surface area contributed by atoms with Crippen LogP contribution in [0.25, 0.3) is 0 Å². The van der Waals surface area contributed by atoms with Crippen LogP contribution in [-0.2, 0) is 20.4 Å². The summed E-state index contributed by atoms with van der Waals surface area (Å²) in [5, 5.41) is 4.64. The normalized spacial score (nSPS) is 21.5. The summed E-state index contributed by atoms with van der Waals surface area (Å²) in [6, 6.07) is 7.82. The molecule has 35 heavy (non-hydrogen) atoms. The zero-order valence-electron chi connectivity index (χ0n) is 21.8. The Morgan fingerprint density at radius 2 is 2.06 bits per heavy atom. The molecule has 0 bridgehead atoms. The van der Waals surface area contributed by atoms with Crippen LogP contribution in [0.2, 0.25) is 0 Å². The van der Waals surface area contributed by atoms with Crippen molar-refractivity contribution in [3.8, 4) is 12.3 Å². The van der Waals surface area contributed by atoms with E-state index in [1.807, 2.05) is 24.3 Å². The van der Waals surface area contributed by atoms with Gasteiger partial charge in [-0.25, -0.2) is 9.46 Å². The second-order valence-corrected chi connectivity index (χ2v) is 10.4. The minimum Gasteiger partial charge on any atom is -0.394 e. The second kappa shape index (κ2) is 12.1. The zero-order valence-corrected chi connectivity index (χ0v) is 21.7. The molecule has 0 amide bonds. The minimum atomic E-state index is -1.58. The van der Waals surface area contributed by atoms with Gasteiger partial charge in [0, 0.05) is 35.8 Å². The van der Waals surface area contributed by atoms with Crippen molar-refractivity contribution in [3.05, 3.63) is 68.0 Å². The van der Waals surface area contributed by atoms with Crippen molar-refractivity contribution >= 4 is 8.53 Å². The van der Waals surface area contributed by atoms with Crippen LogP contribution in [0, 0.1) is 19.3 Å². The Labute approximate surface area is 208 Å². The number of rotatable bonds is 11. The number of aliphatic hydroxyl groups is 1. The molecule has 1 fully saturated rings. The molecule has 0 saturated carbocycles. The predicted molar refractivity (Wildman–Crippen MR) is 135 cm³/mol. The number of hydrogen-bond donors (Lipinski definition) is 2. The van der Waals surface area contributed by atoms with Gasteiger partial charge in [-0.05, 0) is 46.2 Å². The Hall–Kier alpha value is -2.31. The van der Waals surface area contributed by atoms with Gasteiger partial charge in [-0.1, -0.05) is 24.1 Å². The number of nitrogens with zero attached hydrogens (tertiary/aromatic N) is 2. The zero-order chi connectivity index (χ0) is 26.4. The topological polar surface area (TPSA) is 106 Å². The molecule has 1 aromatic carbocycles. The van der Waals surface area contributed by atoms with Crippen molar-refractivity contribution in [2.24, 2.45) is 0 Å². The average Bonchev–Trinajstić information content (AvgIpc) is 3.21. The smallest absolute Gasteiger partial charge is 0.330 e. The van der Waals surface area contributed by atoms with Crippen LogP contribution in [0.1, 0.15) is 57.0 Å². The third kappa shape index (κ3) is 6.47. The number of H-pyrrole nitrogens is 1. The highest BCUT2D eigenvalue weighted by atomic mass is 31.2. The molecule has 9 nitrogen and oxygen atoms in total. The standard InChI is InChI=1S/C25H34N3O6P/c1-7-19-10-8-9-11-20(19)15-32-35(28(16(2)3)17(4)5)34-21-12-23(33-22(21)14-29)27-13-18(6)24(30)26-25(27)31/h1,8-11,13,16-17,21-23,29H,12,14-15H2,2-6H3,(H,26,30,31)/t21?,22-,23-,35?/m1/s1/i29D. The molecule has 1 aliphatic heterocycles. The molecule has 0 radical (unpaired) electrons. The number of benzene rings is 1. The Balaban J connectivity index is 1.87. The number of terminal acetylenes is 1. The first-order chi connectivity index (χ1) is 17.2. The molecule has 2 unspecified atom stereocenters. The molecule has 1 aliphatic rings. The first-order valence-corrected chi connectivity index (χ1v) is 12.8. The van der Waals surface area contributed by atoms with Gasteiger partial charge in [-0.2, -0.15) is 0 Å². The summed E-state index contributed by atoms with van der Waals surface area (Å²) in [4.78, 5) is 26.6. The quantitative estimate of drug-likeness (QED) is 0.358. The first kappa shape index (κ1) is 25.8. The number of aromatic nitrogens is 2. The number of nitrogens with one attached hydrogen (secondary N) is 1. The summed E-state index contributed by atoms with van der Waals surface area (Å²) < 4.78 is 29.7. The van der Waals surface area contributed by atoms with E-state index in [2.05, 4.69) is 48.4 Å². The SMILES string of the molecule is [2H]OC[C@H]1O[C@@H](n2cc(C)c(=O)[nH]c2=O)CC1OP(OCc1ccccc1C#C)N(C(C)C)C(C)C. The maximum absolute atomic E-state index is 12.5. The molecule has 2 heterocycles. The third-order valence-electron chi connectivity index (χ3n) is 5.78. The van der Waals surface area contributed by atoms with Crippen LogP contribution in [-0.4, -0.2) is 51.7 Å². The number of aromatic amines is 1. The molecular weight excluding hydrogens is 469 g/mol. The lowest BCUT2D eigenvalue weighted by molar-refractivity contribution is -0.0441. The predicted octanol–water partition coefficient (Wildman–Crippen LogP) is 3.05. The van der Waals surface area contributed by atoms with E-state index in [1.165, 1.54) is 10.8 Å². The van der Waals surface area contributed by atoms with Gasteiger partial charge in [0.25, 0.3) is 14.1 Å². The average molecular weight is 505 g/mol. The molecule has 3 rings (SSSR count). The van der Waals surface area contributed by atoms with Gasteiger partial charge in [0.05, 0.1) is 19.3 Å². The lowest BCUT2D eigenvalue weighted by Crippen LogP contribution is -2.36. The van der Waals surface area contributed by atoms with Gasteiger partial charge in [0.15, 0.2) is 0 Å². The van der Waals surface area contributed by atoms with E-state index in [-0.39, 0.29) is 25.3 Å². The monoisotopic (exact) mass is 504 g/mol. The van der Waals surface area contributed by atoms with Gasteiger partial charge in [-0.15, -0.1) is 6.42 Å². The molecule has 190 valence electrons. The highest BCUT2D eigenvalue weighted by molar-refractivity contribution is 7.44. The van der Waals surface area contributed by atoms with Crippen molar-refractivity contribution in [2.75, 3.05) is 6.61 Å². The largest absolute Gasteiger partial charge is 0.394 e. The van der Waals surface area contributed by atoms with Gasteiger partial charge in [0.2, 0.25) is 1.43 Å². The molecule has 10 heteroatoms. The van der Waals surface area contributed by atoms with Crippen molar-refractivity contribution in [3.63, 3.8) is 0 Å². The lowest BCUT2D eigenvalue weighted by Gasteiger charge is -2.37. The fourth-order valence-corrected chi connectivity index (χ4v) is 5.84. The summed E-state index contributed by atoms with van der Waals surface area (Å²) >= 11 is 0. The van der Waals surface area contributed by atoms with Gasteiger partial charge in [0.1, 0.15) is 12.3 Å². The van der Waals surface area contributed by atoms with E-state index >= 15 is 0 Å². The first-order valence-electron chi connectivity index (χ1n) is 12.0. The van der Waals surface area contributed by atoms with Gasteiger partial charge in [-0.3, -0.25) is 14.3 Å². The highest BCUT2D eigenvalue weighted by Gasteiger charge is 2.41. The number of ether oxygens (including phenoxy) is 1. The number of hydrogen-bond acceptors (Lipinski definition) is 7. The van der Waals surface area contributed by atoms with Crippen LogP contribution in [0.4, 0.5) is 0 Å². The maximum Gasteiger partial charge on any atom is 0.330 e. The van der Waals surface area contributed by atoms with E-state index in [9.17, 15) is 9.59 Å². The Morgan fingerprint density at radius 1 is 1.34 bits per heavy atom.